The van der Waals surface area contributed by atoms with E-state index in [1.54, 1.807) is 105 Å². The van der Waals surface area contributed by atoms with Crippen LogP contribution in [0.2, 0.25) is 0 Å². The molecule has 0 saturated carbocycles. The fraction of sp³-hybridized carbons (Fsp3) is 0.692. The van der Waals surface area contributed by atoms with Gasteiger partial charge in [0.05, 0.1) is 97.8 Å². The molecule has 128 heavy (non-hydrogen) atoms. The van der Waals surface area contributed by atoms with Crippen LogP contribution in [0.3, 0.4) is 0 Å². The number of hydrogen-bond acceptors (Lipinski definition) is 35. The Balaban J connectivity index is 0.000000279. The van der Waals surface area contributed by atoms with Gasteiger partial charge in [0.25, 0.3) is 0 Å². The maximum Gasteiger partial charge on any atom is 0.316 e. The summed E-state index contributed by atoms with van der Waals surface area (Å²) >= 11 is 0. The van der Waals surface area contributed by atoms with Gasteiger partial charge in [-0.25, -0.2) is 15.9 Å². The van der Waals surface area contributed by atoms with E-state index < -0.39 is 197 Å². The first-order chi connectivity index (χ1) is 60.2. The summed E-state index contributed by atoms with van der Waals surface area (Å²) < 4.78 is 86.3. The van der Waals surface area contributed by atoms with Gasteiger partial charge < -0.3 is 90.7 Å². The molecular formula is C91H134N10O27. The average Bonchev–Trinajstić information content (AvgIpc) is 1.21. The van der Waals surface area contributed by atoms with Crippen molar-refractivity contribution >= 4 is 70.2 Å². The first-order valence-corrected chi connectivity index (χ1v) is 43.9. The maximum atomic E-state index is 14.7. The Morgan fingerprint density at radius 1 is 0.570 bits per heavy atom. The Labute approximate surface area is 748 Å². The second kappa shape index (κ2) is 46.3. The zero-order chi connectivity index (χ0) is 94.8. The van der Waals surface area contributed by atoms with Crippen molar-refractivity contribution in [1.82, 2.24) is 30.1 Å². The molecule has 37 heteroatoms. The number of cyclic esters (lactones) is 2. The quantitative estimate of drug-likeness (QED) is 0.0362. The lowest BCUT2D eigenvalue weighted by Crippen LogP contribution is -2.60. The Bertz CT molecular complexity index is 4450. The molecular weight excluding hydrogens is 1670 g/mol. The minimum absolute atomic E-state index is 0.0349. The van der Waals surface area contributed by atoms with Crippen molar-refractivity contribution in [1.29, 1.82) is 0 Å². The minimum atomic E-state index is -1.88. The maximum absolute atomic E-state index is 14.7. The van der Waals surface area contributed by atoms with Gasteiger partial charge in [-0.3, -0.25) is 58.0 Å². The molecule has 0 radical (unpaired) electrons. The Morgan fingerprint density at radius 3 is 1.46 bits per heavy atom. The van der Waals surface area contributed by atoms with Crippen molar-refractivity contribution in [3.8, 4) is 22.8 Å². The number of esters is 4. The van der Waals surface area contributed by atoms with E-state index in [-0.39, 0.29) is 81.9 Å². The highest BCUT2D eigenvalue weighted by molar-refractivity contribution is 6.02. The van der Waals surface area contributed by atoms with Crippen LogP contribution in [0.5, 0.6) is 0 Å². The number of nitrogens with two attached hydrogens (primary N) is 1. The summed E-state index contributed by atoms with van der Waals surface area (Å²) in [7, 11) is 7.45. The number of aromatic nitrogens is 4. The van der Waals surface area contributed by atoms with Gasteiger partial charge in [0.15, 0.2) is 60.3 Å². The highest BCUT2D eigenvalue weighted by Gasteiger charge is 2.57. The summed E-state index contributed by atoms with van der Waals surface area (Å²) in [6.07, 6.45) is -3.75. The van der Waals surface area contributed by atoms with Gasteiger partial charge >= 0.3 is 23.9 Å². The molecule has 26 atom stereocenters. The van der Waals surface area contributed by atoms with Crippen LogP contribution in [0.1, 0.15) is 195 Å². The van der Waals surface area contributed by atoms with Gasteiger partial charge in [0, 0.05) is 92.4 Å². The van der Waals surface area contributed by atoms with Crippen molar-refractivity contribution in [3.63, 3.8) is 0 Å². The smallest absolute Gasteiger partial charge is 0.316 e. The Morgan fingerprint density at radius 2 is 1.05 bits per heavy atom. The predicted molar refractivity (Wildman–Crippen MR) is 463 cm³/mol. The second-order valence-electron chi connectivity index (χ2n) is 35.8. The van der Waals surface area contributed by atoms with Crippen LogP contribution < -0.4 is 5.90 Å². The summed E-state index contributed by atoms with van der Waals surface area (Å²) in [4.78, 5) is 153. The lowest BCUT2D eigenvalue weighted by atomic mass is 9.73. The zero-order valence-electron chi connectivity index (χ0n) is 78.4. The van der Waals surface area contributed by atoms with Crippen LogP contribution in [0.25, 0.3) is 22.8 Å². The van der Waals surface area contributed by atoms with E-state index in [4.69, 9.17) is 76.6 Å². The summed E-state index contributed by atoms with van der Waals surface area (Å²) in [6.45, 7) is 31.6. The molecule has 10 rings (SSSR count). The second-order valence-corrected chi connectivity index (χ2v) is 35.8. The van der Waals surface area contributed by atoms with Crippen LogP contribution in [-0.4, -0.2) is 273 Å². The van der Waals surface area contributed by atoms with Crippen molar-refractivity contribution in [2.75, 3.05) is 54.6 Å². The molecule has 37 nitrogen and oxygen atoms in total. The normalized spacial score (nSPS) is 35.4. The number of oxime groups is 1. The van der Waals surface area contributed by atoms with E-state index in [1.165, 1.54) is 48.5 Å². The number of hydrogen-bond donors (Lipinski definition) is 3. The van der Waals surface area contributed by atoms with E-state index in [0.29, 0.717) is 48.1 Å². The molecule has 0 aromatic carbocycles. The van der Waals surface area contributed by atoms with Gasteiger partial charge in [0.1, 0.15) is 59.9 Å². The fourth-order valence-corrected chi connectivity index (χ4v) is 18.1. The number of Topliss-reactive ketones (excluding diaryl/α,β-unsaturated/α-hetero) is 3. The average molecular weight is 1800 g/mol. The number of carbonyl (C=O) groups excluding carboxylic acids is 9. The van der Waals surface area contributed by atoms with Crippen LogP contribution in [0.15, 0.2) is 85.4 Å². The number of carbonyl (C=O) groups is 9. The topological polar surface area (TPSA) is 471 Å². The zero-order valence-corrected chi connectivity index (χ0v) is 78.4. The first kappa shape index (κ1) is 105. The molecule has 0 spiro atoms. The predicted octanol–water partition coefficient (Wildman–Crippen LogP) is 8.95. The van der Waals surface area contributed by atoms with Crippen molar-refractivity contribution in [2.24, 2.45) is 68.4 Å². The number of likely N-dealkylation sites (N-methyl/N-ethyl adjacent to an activating group) is 2. The molecule has 6 fully saturated rings. The van der Waals surface area contributed by atoms with Crippen molar-refractivity contribution in [3.05, 3.63) is 72.4 Å². The number of ketones is 3. The highest BCUT2D eigenvalue weighted by Crippen LogP contribution is 2.44. The summed E-state index contributed by atoms with van der Waals surface area (Å²) in [5.74, 6) is -6.38. The van der Waals surface area contributed by atoms with Gasteiger partial charge in [-0.15, -0.1) is 0 Å². The molecule has 4 N–H and O–H groups in total. The number of fused-ring (bicyclic) bond motifs is 10. The molecule has 4 aromatic rings. The van der Waals surface area contributed by atoms with E-state index in [0.717, 1.165) is 16.8 Å². The Kier molecular flexibility index (Phi) is 37.8. The van der Waals surface area contributed by atoms with Crippen LogP contribution >= 0.6 is 0 Å². The number of nitrogens with zero attached hydrogens (tertiary/aromatic N) is 9. The number of pyridine rings is 2. The monoisotopic (exact) mass is 1800 g/mol. The van der Waals surface area contributed by atoms with Gasteiger partial charge in [0.2, 0.25) is 11.8 Å². The lowest BCUT2D eigenvalue weighted by Gasteiger charge is -2.48. The van der Waals surface area contributed by atoms with Crippen LogP contribution in [-0.2, 0) is 123 Å². The number of aliphatic imine (C=N–C) groups is 2. The van der Waals surface area contributed by atoms with Gasteiger partial charge in [-0.05, 0) is 158 Å². The minimum Gasteiger partial charge on any atom is -0.459 e. The van der Waals surface area contributed by atoms with E-state index in [9.17, 15) is 53.4 Å². The van der Waals surface area contributed by atoms with Crippen LogP contribution in [0.4, 0.5) is 0 Å². The molecule has 10 heterocycles. The first-order valence-electron chi connectivity index (χ1n) is 43.9. The fourth-order valence-electron chi connectivity index (χ4n) is 18.1. The molecule has 0 aliphatic carbocycles. The highest BCUT2D eigenvalue weighted by atomic mass is 16.7. The molecule has 6 aliphatic rings. The van der Waals surface area contributed by atoms with Crippen molar-refractivity contribution < 1.29 is 129 Å². The molecule has 2 amide bonds. The van der Waals surface area contributed by atoms with Crippen molar-refractivity contribution in [2.45, 2.75) is 305 Å². The van der Waals surface area contributed by atoms with Gasteiger partial charge in [-0.2, -0.15) is 0 Å². The number of ether oxygens (including phenoxy) is 12. The third kappa shape index (κ3) is 26.5. The number of rotatable bonds is 18. The van der Waals surface area contributed by atoms with Gasteiger partial charge in [-0.1, -0.05) is 83.8 Å². The Hall–Kier alpha value is -8.80. The summed E-state index contributed by atoms with van der Waals surface area (Å²) in [6, 6.07) is 10.1. The molecule has 6 saturated heterocycles. The molecule has 6 aliphatic heterocycles. The van der Waals surface area contributed by atoms with E-state index >= 15 is 0 Å². The molecule has 0 unspecified atom stereocenters. The number of aliphatic hydroxyl groups is 2. The van der Waals surface area contributed by atoms with Crippen LogP contribution in [0, 0.1) is 47.3 Å². The van der Waals surface area contributed by atoms with E-state index in [1.807, 2.05) is 83.9 Å². The molecule has 4 bridgehead atoms. The van der Waals surface area contributed by atoms with E-state index in [2.05, 4.69) is 40.3 Å². The summed E-state index contributed by atoms with van der Waals surface area (Å²) in [5, 5.41) is 36.4. The standard InChI is InChI=1S/C46H67N5O13.C36H58N2O12.C9H9N3O2/c1-13-36-46(10,56)42-27(5)38(49-37(53)14-2)25(3)20-45(9,58-23-33(22-57-42)50-59-24-32-16-15-31(21-47-32)35-17-18-48-64-35)41(28(6)39(54)29(7)43(55)62-36)63-44-40(61-30(8)52)34(51(11)12)19-26(4)60-44;1-13-27-36(10,44)32-20(4)28(37-23(7)39)18(2)15-35(9,46-17-25(41)16-45-32)31(21(5)29(42)22(6)33(43)49-27)50-34-30(48-24(8)40)26(38(11)12)14-19(3)47-34;10-13-6-7-1-2-8(11-5-7)9-3-4-12-14-9/h15-18,21,25-29,34,36,40-42,44,56H,13-14,19-20,22-24H2,1-12H3;18-22,26-27,30-32,34,44H,13-17H2,1-12H3;1-5H,6,10H2/t25-,26-,27+,28+,29-,34+,36-,40-,41-,42-,44+,45-,46-;18-,19-,20+,21+,22-,26+,27-,30-,31-,32-,34+,35-,36-;/m11./s1. The SMILES string of the molecule is CCC(=O)N=C1[C@H](C)C[C@@]2(C)OCC(=NOCc3ccc(-c4ccno4)cn3)CO[C@H]([C@H]1C)[C@](C)(O)[C@@H](CC)OC(=O)[C@H](C)C(=O)[C@H](C)[C@H]2O[C@@H]1O[C@H](C)C[C@H](N(C)C)[C@H]1OC(C)=O.CC[C@H]1OC(=O)[C@H](C)C(=O)[C@H](C)[C@@H](O[C@@H]2O[C@H](C)C[C@H](N(C)C)[C@H]2OC(C)=O)[C@@]2(C)C[C@@H](C)C(=NC(C)=O)[C@H](C)[C@@H](OCC(=O)CO2)[C@]1(C)O.NOCc1ccc(-c2ccno2)nc1. The number of amides is 2. The molecule has 710 valence electrons. The summed E-state index contributed by atoms with van der Waals surface area (Å²) in [5.41, 5.74) is -2.70. The third-order valence-electron chi connectivity index (χ3n) is 24.8. The third-order valence-corrected chi connectivity index (χ3v) is 24.8. The largest absolute Gasteiger partial charge is 0.459 e. The lowest BCUT2D eigenvalue weighted by molar-refractivity contribution is -0.299. The molecule has 4 aromatic heterocycles.